The van der Waals surface area contributed by atoms with Crippen molar-refractivity contribution in [3.63, 3.8) is 0 Å². The van der Waals surface area contributed by atoms with Crippen LogP contribution in [0.15, 0.2) is 64.8 Å². The number of urea groups is 1. The van der Waals surface area contributed by atoms with Crippen molar-refractivity contribution in [1.82, 2.24) is 25.4 Å². The molecule has 5 N–H and O–H groups in total. The average Bonchev–Trinajstić information content (AvgIpc) is 3.65. The van der Waals surface area contributed by atoms with E-state index in [4.69, 9.17) is 15.5 Å². The highest BCUT2D eigenvalue weighted by Gasteiger charge is 2.42. The van der Waals surface area contributed by atoms with Gasteiger partial charge in [-0.05, 0) is 81.4 Å². The van der Waals surface area contributed by atoms with Gasteiger partial charge in [0.15, 0.2) is 0 Å². The first-order valence-electron chi connectivity index (χ1n) is 16.8. The number of hydrogen-bond acceptors (Lipinski definition) is 10. The van der Waals surface area contributed by atoms with E-state index in [1.54, 1.807) is 17.0 Å². The van der Waals surface area contributed by atoms with E-state index in [2.05, 4.69) is 25.8 Å². The molecule has 3 atom stereocenters. The first kappa shape index (κ1) is 34.3. The fourth-order valence-electron chi connectivity index (χ4n) is 6.41. The molecular formula is C36H44N8O4S. The number of anilines is 1. The number of azo groups is 1. The van der Waals surface area contributed by atoms with Gasteiger partial charge in [0, 0.05) is 60.4 Å². The minimum atomic E-state index is -0.0659. The van der Waals surface area contributed by atoms with E-state index in [-0.39, 0.29) is 29.8 Å². The minimum Gasteiger partial charge on any atom is -0.508 e. The zero-order valence-corrected chi connectivity index (χ0v) is 29.0. The number of phenols is 1. The Hall–Kier alpha value is -4.62. The third-order valence-electron chi connectivity index (χ3n) is 9.18. The van der Waals surface area contributed by atoms with Crippen LogP contribution in [0.5, 0.6) is 11.5 Å². The molecule has 258 valence electrons. The number of ether oxygens (including phenoxy) is 1. The number of rotatable bonds is 14. The number of nitrogen functional groups attached to an aromatic ring is 1. The van der Waals surface area contributed by atoms with Gasteiger partial charge in [0.25, 0.3) is 0 Å². The zero-order valence-electron chi connectivity index (χ0n) is 28.2. The second-order valence-electron chi connectivity index (χ2n) is 12.8. The van der Waals surface area contributed by atoms with Gasteiger partial charge >= 0.3 is 6.03 Å². The van der Waals surface area contributed by atoms with Crippen LogP contribution < -0.4 is 21.1 Å². The number of hydrogen-bond donors (Lipinski definition) is 4. The molecule has 3 heterocycles. The van der Waals surface area contributed by atoms with Gasteiger partial charge in [0.1, 0.15) is 11.5 Å². The van der Waals surface area contributed by atoms with E-state index in [1.807, 2.05) is 75.2 Å². The lowest BCUT2D eigenvalue weighted by atomic mass is 10.0. The Balaban J connectivity index is 0.989. The monoisotopic (exact) mass is 684 g/mol. The second-order valence-corrected chi connectivity index (χ2v) is 14.0. The Bertz CT molecular complexity index is 1870. The van der Waals surface area contributed by atoms with Gasteiger partial charge in [0.2, 0.25) is 5.91 Å². The third-order valence-corrected chi connectivity index (χ3v) is 10.7. The van der Waals surface area contributed by atoms with Gasteiger partial charge in [-0.15, -0.1) is 0 Å². The molecule has 3 aromatic carbocycles. The van der Waals surface area contributed by atoms with Crippen LogP contribution in [0, 0.1) is 0 Å². The van der Waals surface area contributed by atoms with E-state index in [0.29, 0.717) is 55.0 Å². The average molecular weight is 685 g/mol. The molecule has 2 saturated heterocycles. The molecule has 0 aliphatic carbocycles. The number of carbonyl (C=O) groups excluding carboxylic acids is 2. The zero-order chi connectivity index (χ0) is 34.5. The molecule has 13 heteroatoms. The van der Waals surface area contributed by atoms with Gasteiger partial charge in [-0.25, -0.2) is 9.78 Å². The van der Waals surface area contributed by atoms with Crippen molar-refractivity contribution in [3.8, 4) is 11.5 Å². The quantitative estimate of drug-likeness (QED) is 0.0537. The molecule has 3 amide bonds. The summed E-state index contributed by atoms with van der Waals surface area (Å²) in [7, 11) is 3.80. The molecule has 12 nitrogen and oxygen atoms in total. The van der Waals surface area contributed by atoms with Crippen molar-refractivity contribution in [1.29, 1.82) is 0 Å². The molecule has 2 aliphatic heterocycles. The molecule has 6 rings (SSSR count). The summed E-state index contributed by atoms with van der Waals surface area (Å²) in [5, 5.41) is 27.5. The molecule has 0 radical (unpaired) electrons. The summed E-state index contributed by atoms with van der Waals surface area (Å²) < 4.78 is 5.63. The topological polar surface area (TPSA) is 158 Å². The second kappa shape index (κ2) is 15.3. The number of nitrogens with two attached hydrogens (primary N) is 1. The Kier molecular flexibility index (Phi) is 10.7. The summed E-state index contributed by atoms with van der Waals surface area (Å²) in [6.07, 6.45) is 3.30. The molecule has 2 aliphatic rings. The molecular weight excluding hydrogens is 641 g/mol. The summed E-state index contributed by atoms with van der Waals surface area (Å²) in [5.74, 6) is 2.01. The Morgan fingerprint density at radius 1 is 1.02 bits per heavy atom. The van der Waals surface area contributed by atoms with Crippen LogP contribution in [0.1, 0.15) is 38.2 Å². The minimum absolute atomic E-state index is 0.0659. The molecule has 0 unspecified atom stereocenters. The number of likely N-dealkylation sites (N-methyl/N-ethyl adjacent to an activating group) is 2. The lowest BCUT2D eigenvalue weighted by molar-refractivity contribution is -0.130. The smallest absolute Gasteiger partial charge is 0.315 e. The number of fused-ring (bicyclic) bond motifs is 3. The van der Waals surface area contributed by atoms with E-state index >= 15 is 0 Å². The van der Waals surface area contributed by atoms with E-state index < -0.39 is 0 Å². The van der Waals surface area contributed by atoms with Crippen LogP contribution in [-0.2, 0) is 11.3 Å². The fourth-order valence-corrected chi connectivity index (χ4v) is 7.95. The first-order valence-corrected chi connectivity index (χ1v) is 17.8. The summed E-state index contributed by atoms with van der Waals surface area (Å²) >= 11 is 1.90. The highest BCUT2D eigenvalue weighted by Crippen LogP contribution is 2.35. The normalized spacial score (nSPS) is 18.7. The number of benzene rings is 3. The van der Waals surface area contributed by atoms with Crippen LogP contribution in [0.25, 0.3) is 21.8 Å². The number of thioether (sulfide) groups is 1. The van der Waals surface area contributed by atoms with Crippen molar-refractivity contribution >= 4 is 62.6 Å². The maximum atomic E-state index is 12.8. The Morgan fingerprint density at radius 2 is 1.82 bits per heavy atom. The van der Waals surface area contributed by atoms with Crippen LogP contribution in [0.4, 0.5) is 21.9 Å². The maximum absolute atomic E-state index is 12.8. The number of unbranched alkanes of at least 4 members (excludes halogenated alkanes) is 1. The lowest BCUT2D eigenvalue weighted by Crippen LogP contribution is -2.36. The van der Waals surface area contributed by atoms with Gasteiger partial charge in [0.05, 0.1) is 46.8 Å². The molecule has 1 aromatic heterocycles. The van der Waals surface area contributed by atoms with Crippen molar-refractivity contribution in [2.75, 3.05) is 45.3 Å². The standard InChI is InChI=1S/C36H44N8O4S/c1-4-48-25-11-13-28-27(19-25)34(37)26-12-9-24(18-29(26)38-28)42-41-23-10-14-31(45)22(17-23)20-43(2)15-16-44(3)33(46)8-6-5-7-32-35-30(21-49-32)39-36(47)40-35/h9-14,17-19,30,32,35,45H,4-8,15-16,20-21H2,1-3H3,(H2,37,38)(H2,39,40,47)/b42-41+/t30-,32-,35-/m0/s1. The van der Waals surface area contributed by atoms with Crippen LogP contribution >= 0.6 is 11.8 Å². The molecule has 2 fully saturated rings. The summed E-state index contributed by atoms with van der Waals surface area (Å²) in [6, 6.07) is 16.8. The van der Waals surface area contributed by atoms with Gasteiger partial charge in [-0.2, -0.15) is 22.0 Å². The van der Waals surface area contributed by atoms with E-state index in [1.165, 1.54) is 0 Å². The Morgan fingerprint density at radius 3 is 2.63 bits per heavy atom. The third kappa shape index (κ3) is 8.16. The molecule has 0 saturated carbocycles. The maximum Gasteiger partial charge on any atom is 0.315 e. The van der Waals surface area contributed by atoms with Gasteiger partial charge < -0.3 is 36.0 Å². The van der Waals surface area contributed by atoms with Crippen molar-refractivity contribution < 1.29 is 19.4 Å². The summed E-state index contributed by atoms with van der Waals surface area (Å²) in [5.41, 5.74) is 10.6. The van der Waals surface area contributed by atoms with Crippen molar-refractivity contribution in [3.05, 3.63) is 60.2 Å². The molecule has 0 bridgehead atoms. The van der Waals surface area contributed by atoms with Crippen LogP contribution in [0.2, 0.25) is 0 Å². The number of amides is 3. The van der Waals surface area contributed by atoms with E-state index in [9.17, 15) is 14.7 Å². The van der Waals surface area contributed by atoms with Crippen LogP contribution in [0.3, 0.4) is 0 Å². The number of carbonyl (C=O) groups is 2. The number of pyridine rings is 1. The van der Waals surface area contributed by atoms with Gasteiger partial charge in [-0.1, -0.05) is 6.42 Å². The summed E-state index contributed by atoms with van der Waals surface area (Å²) in [6.45, 7) is 4.24. The molecule has 49 heavy (non-hydrogen) atoms. The number of aromatic nitrogens is 1. The highest BCUT2D eigenvalue weighted by molar-refractivity contribution is 8.00. The SMILES string of the molecule is CCOc1ccc2nc3cc(/N=N/c4ccc(O)c(CN(C)CCN(C)C(=O)CCCC[C@@H]5SC[C@@H]6NC(=O)N[C@@H]65)c4)ccc3c(N)c2c1. The Labute approximate surface area is 290 Å². The van der Waals surface area contributed by atoms with Crippen LogP contribution in [-0.4, -0.2) is 88.7 Å². The predicted octanol–water partition coefficient (Wildman–Crippen LogP) is 6.11. The number of phenolic OH excluding ortho intramolecular Hbond substituents is 1. The van der Waals surface area contributed by atoms with E-state index in [0.717, 1.165) is 58.1 Å². The fraction of sp³-hybridized carbons (Fsp3) is 0.417. The lowest BCUT2D eigenvalue weighted by Gasteiger charge is -2.23. The number of nitrogens with one attached hydrogen (secondary N) is 2. The highest BCUT2D eigenvalue weighted by atomic mass is 32.2. The van der Waals surface area contributed by atoms with Crippen molar-refractivity contribution in [2.45, 2.75) is 56.5 Å². The van der Waals surface area contributed by atoms with Gasteiger partial charge in [-0.3, -0.25) is 4.79 Å². The number of nitrogens with zero attached hydrogens (tertiary/aromatic N) is 5. The number of aromatic hydroxyl groups is 1. The summed E-state index contributed by atoms with van der Waals surface area (Å²) in [4.78, 5) is 33.0. The molecule has 4 aromatic rings. The molecule has 0 spiro atoms. The largest absolute Gasteiger partial charge is 0.508 e. The predicted molar refractivity (Wildman–Crippen MR) is 195 cm³/mol. The first-order chi connectivity index (χ1) is 23.7. The van der Waals surface area contributed by atoms with Crippen molar-refractivity contribution in [2.24, 2.45) is 10.2 Å².